The van der Waals surface area contributed by atoms with E-state index in [2.05, 4.69) is 18.2 Å². The first-order valence-electron chi connectivity index (χ1n) is 5.93. The molecule has 1 amide bonds. The van der Waals surface area contributed by atoms with E-state index in [0.717, 1.165) is 29.5 Å². The number of hydrogen-bond acceptors (Lipinski definition) is 1. The van der Waals surface area contributed by atoms with E-state index in [4.69, 9.17) is 6.42 Å². The third-order valence-corrected chi connectivity index (χ3v) is 2.79. The van der Waals surface area contributed by atoms with Gasteiger partial charge in [-0.2, -0.15) is 0 Å². The van der Waals surface area contributed by atoms with Crippen molar-refractivity contribution in [3.8, 4) is 12.3 Å². The number of hydrogen-bond donors (Lipinski definition) is 1. The lowest BCUT2D eigenvalue weighted by Crippen LogP contribution is -2.34. The van der Waals surface area contributed by atoms with Crippen molar-refractivity contribution >= 4 is 5.91 Å². The second-order valence-electron chi connectivity index (χ2n) is 4.25. The predicted molar refractivity (Wildman–Crippen MR) is 70.9 cm³/mol. The quantitative estimate of drug-likeness (QED) is 0.790. The van der Waals surface area contributed by atoms with Gasteiger partial charge in [-0.1, -0.05) is 37.5 Å². The van der Waals surface area contributed by atoms with Crippen molar-refractivity contribution in [3.63, 3.8) is 0 Å². The molecule has 0 aromatic heterocycles. The average Bonchev–Trinajstić information content (AvgIpc) is 2.28. The van der Waals surface area contributed by atoms with Gasteiger partial charge in [-0.15, -0.1) is 6.42 Å². The summed E-state index contributed by atoms with van der Waals surface area (Å²) in [5.41, 5.74) is 2.70. The Morgan fingerprint density at radius 2 is 2.00 bits per heavy atom. The third kappa shape index (κ3) is 3.35. The zero-order valence-electron chi connectivity index (χ0n) is 10.7. The zero-order chi connectivity index (χ0) is 12.8. The number of nitrogens with one attached hydrogen (secondary N) is 1. The van der Waals surface area contributed by atoms with Crippen LogP contribution in [0.1, 0.15) is 41.3 Å². The lowest BCUT2D eigenvalue weighted by molar-refractivity contribution is 0.0943. The molecule has 0 spiro atoms. The van der Waals surface area contributed by atoms with Gasteiger partial charge in [0.25, 0.3) is 5.91 Å². The topological polar surface area (TPSA) is 29.1 Å². The summed E-state index contributed by atoms with van der Waals surface area (Å²) in [7, 11) is 0. The summed E-state index contributed by atoms with van der Waals surface area (Å²) in [4.78, 5) is 12.1. The number of rotatable bonds is 4. The van der Waals surface area contributed by atoms with Crippen molar-refractivity contribution < 1.29 is 4.79 Å². The fourth-order valence-electron chi connectivity index (χ4n) is 1.89. The molecule has 0 aliphatic heterocycles. The zero-order valence-corrected chi connectivity index (χ0v) is 10.7. The maximum Gasteiger partial charge on any atom is 0.252 e. The number of terminal acetylenes is 1. The van der Waals surface area contributed by atoms with Gasteiger partial charge in [0.2, 0.25) is 0 Å². The molecule has 90 valence electrons. The first kappa shape index (κ1) is 13.3. The highest BCUT2D eigenvalue weighted by molar-refractivity contribution is 5.97. The van der Waals surface area contributed by atoms with Crippen LogP contribution in [0.5, 0.6) is 0 Å². The molecule has 1 aromatic rings. The molecule has 0 bridgehead atoms. The van der Waals surface area contributed by atoms with Crippen LogP contribution < -0.4 is 5.32 Å². The fraction of sp³-hybridized carbons (Fsp3) is 0.400. The Morgan fingerprint density at radius 1 is 1.41 bits per heavy atom. The predicted octanol–water partition coefficient (Wildman–Crippen LogP) is 2.84. The van der Waals surface area contributed by atoms with Crippen LogP contribution >= 0.6 is 0 Å². The highest BCUT2D eigenvalue weighted by Gasteiger charge is 2.14. The first-order valence-corrected chi connectivity index (χ1v) is 5.93. The Hall–Kier alpha value is -1.75. The second-order valence-corrected chi connectivity index (χ2v) is 4.25. The van der Waals surface area contributed by atoms with Gasteiger partial charge in [-0.25, -0.2) is 0 Å². The van der Waals surface area contributed by atoms with Crippen molar-refractivity contribution in [2.24, 2.45) is 0 Å². The van der Waals surface area contributed by atoms with E-state index in [0.29, 0.717) is 0 Å². The third-order valence-electron chi connectivity index (χ3n) is 2.79. The van der Waals surface area contributed by atoms with Crippen LogP contribution in [0.15, 0.2) is 18.2 Å². The maximum atomic E-state index is 12.1. The Bertz CT molecular complexity index is 422. The van der Waals surface area contributed by atoms with Crippen LogP contribution in [0, 0.1) is 26.2 Å². The molecule has 1 aromatic carbocycles. The highest BCUT2D eigenvalue weighted by atomic mass is 16.1. The van der Waals surface area contributed by atoms with Gasteiger partial charge >= 0.3 is 0 Å². The van der Waals surface area contributed by atoms with Crippen LogP contribution in [0.2, 0.25) is 0 Å². The molecule has 0 fully saturated rings. The van der Waals surface area contributed by atoms with E-state index in [1.54, 1.807) is 0 Å². The minimum atomic E-state index is -0.175. The molecule has 0 saturated carbocycles. The molecular weight excluding hydrogens is 210 g/mol. The minimum absolute atomic E-state index is 0.0722. The highest BCUT2D eigenvalue weighted by Crippen LogP contribution is 2.13. The standard InChI is InChI=1S/C15H19NO/c1-5-8-13(6-2)16-15(17)14-11(3)9-7-10-12(14)4/h2,7,9-10,13H,5,8H2,1,3-4H3,(H,16,17). The van der Waals surface area contributed by atoms with Gasteiger partial charge in [-0.3, -0.25) is 4.79 Å². The molecule has 0 heterocycles. The lowest BCUT2D eigenvalue weighted by Gasteiger charge is -2.14. The summed E-state index contributed by atoms with van der Waals surface area (Å²) in [6.07, 6.45) is 7.17. The molecule has 0 radical (unpaired) electrons. The van der Waals surface area contributed by atoms with E-state index in [-0.39, 0.29) is 11.9 Å². The van der Waals surface area contributed by atoms with Crippen molar-refractivity contribution in [1.29, 1.82) is 0 Å². The molecule has 2 heteroatoms. The van der Waals surface area contributed by atoms with Crippen LogP contribution in [-0.2, 0) is 0 Å². The molecule has 2 nitrogen and oxygen atoms in total. The molecule has 0 saturated heterocycles. The van der Waals surface area contributed by atoms with E-state index >= 15 is 0 Å². The molecule has 1 atom stereocenters. The van der Waals surface area contributed by atoms with Crippen molar-refractivity contribution in [3.05, 3.63) is 34.9 Å². The summed E-state index contributed by atoms with van der Waals surface area (Å²) in [5, 5.41) is 2.89. The smallest absolute Gasteiger partial charge is 0.252 e. The summed E-state index contributed by atoms with van der Waals surface area (Å²) < 4.78 is 0. The van der Waals surface area contributed by atoms with Gasteiger partial charge in [0.05, 0.1) is 6.04 Å². The SMILES string of the molecule is C#CC(CCC)NC(=O)c1c(C)cccc1C. The Morgan fingerprint density at radius 3 is 2.47 bits per heavy atom. The average molecular weight is 229 g/mol. The number of aryl methyl sites for hydroxylation is 2. The molecular formula is C15H19NO. The molecule has 1 N–H and O–H groups in total. The van der Waals surface area contributed by atoms with Gasteiger partial charge in [-0.05, 0) is 31.4 Å². The van der Waals surface area contributed by atoms with Gasteiger partial charge in [0.15, 0.2) is 0 Å². The second kappa shape index (κ2) is 6.10. The molecule has 0 aliphatic rings. The minimum Gasteiger partial charge on any atom is -0.338 e. The first-order chi connectivity index (χ1) is 8.10. The largest absolute Gasteiger partial charge is 0.338 e. The number of amides is 1. The number of carbonyl (C=O) groups excluding carboxylic acids is 1. The summed E-state index contributed by atoms with van der Waals surface area (Å²) >= 11 is 0. The van der Waals surface area contributed by atoms with E-state index in [1.165, 1.54) is 0 Å². The van der Waals surface area contributed by atoms with Crippen LogP contribution in [0.25, 0.3) is 0 Å². The lowest BCUT2D eigenvalue weighted by atomic mass is 10.0. The van der Waals surface area contributed by atoms with E-state index < -0.39 is 0 Å². The summed E-state index contributed by atoms with van der Waals surface area (Å²) in [6, 6.07) is 5.65. The van der Waals surface area contributed by atoms with E-state index in [9.17, 15) is 4.79 Å². The monoisotopic (exact) mass is 229 g/mol. The summed E-state index contributed by atoms with van der Waals surface area (Å²) in [5.74, 6) is 2.54. The molecule has 0 aliphatic carbocycles. The normalized spacial score (nSPS) is 11.6. The Balaban J connectivity index is 2.87. The maximum absolute atomic E-state index is 12.1. The Kier molecular flexibility index (Phi) is 4.78. The molecule has 1 unspecified atom stereocenters. The van der Waals surface area contributed by atoms with Crippen LogP contribution in [0.3, 0.4) is 0 Å². The Labute approximate surface area is 103 Å². The van der Waals surface area contributed by atoms with Crippen LogP contribution in [-0.4, -0.2) is 11.9 Å². The van der Waals surface area contributed by atoms with Gasteiger partial charge in [0.1, 0.15) is 0 Å². The van der Waals surface area contributed by atoms with Gasteiger partial charge < -0.3 is 5.32 Å². The van der Waals surface area contributed by atoms with Gasteiger partial charge in [0, 0.05) is 5.56 Å². The van der Waals surface area contributed by atoms with Crippen molar-refractivity contribution in [2.75, 3.05) is 0 Å². The fourth-order valence-corrected chi connectivity index (χ4v) is 1.89. The summed E-state index contributed by atoms with van der Waals surface area (Å²) in [6.45, 7) is 5.93. The molecule has 17 heavy (non-hydrogen) atoms. The van der Waals surface area contributed by atoms with E-state index in [1.807, 2.05) is 32.0 Å². The molecule has 1 rings (SSSR count). The number of carbonyl (C=O) groups is 1. The van der Waals surface area contributed by atoms with Crippen molar-refractivity contribution in [2.45, 2.75) is 39.7 Å². The van der Waals surface area contributed by atoms with Crippen LogP contribution in [0.4, 0.5) is 0 Å². The van der Waals surface area contributed by atoms with Crippen molar-refractivity contribution in [1.82, 2.24) is 5.32 Å². The number of benzene rings is 1.